The van der Waals surface area contributed by atoms with E-state index >= 15 is 0 Å². The molecule has 2 aromatic rings. The molecular formula is C21H26N2O3. The van der Waals surface area contributed by atoms with Crippen LogP contribution in [-0.4, -0.2) is 36.0 Å². The fourth-order valence-corrected chi connectivity index (χ4v) is 2.50. The Hall–Kier alpha value is -2.66. The van der Waals surface area contributed by atoms with Gasteiger partial charge in [0.15, 0.2) is 0 Å². The number of nitrogens with one attached hydrogen (secondary N) is 1. The van der Waals surface area contributed by atoms with E-state index in [-0.39, 0.29) is 18.0 Å². The van der Waals surface area contributed by atoms with Crippen LogP contribution in [0.15, 0.2) is 54.6 Å². The molecule has 0 atom stereocenters. The molecule has 1 N–H and O–H groups in total. The van der Waals surface area contributed by atoms with Crippen molar-refractivity contribution in [3.05, 3.63) is 65.7 Å². The maximum absolute atomic E-state index is 12.3. The number of nitrogens with zero attached hydrogens (tertiary/aromatic N) is 1. The SMILES string of the molecule is CCN(CC(=O)Nc1ccc(C(=O)OC(C)C)cc1)Cc1ccccc1. The monoisotopic (exact) mass is 354 g/mol. The van der Waals surface area contributed by atoms with Gasteiger partial charge in [0.1, 0.15) is 0 Å². The van der Waals surface area contributed by atoms with Crippen molar-refractivity contribution < 1.29 is 14.3 Å². The molecule has 0 fully saturated rings. The molecule has 138 valence electrons. The summed E-state index contributed by atoms with van der Waals surface area (Å²) in [7, 11) is 0. The van der Waals surface area contributed by atoms with Gasteiger partial charge in [-0.25, -0.2) is 4.79 Å². The number of rotatable bonds is 8. The lowest BCUT2D eigenvalue weighted by atomic mass is 10.2. The Kier molecular flexibility index (Phi) is 7.36. The summed E-state index contributed by atoms with van der Waals surface area (Å²) in [5, 5.41) is 2.87. The van der Waals surface area contributed by atoms with Gasteiger partial charge in [-0.15, -0.1) is 0 Å². The van der Waals surface area contributed by atoms with Crippen LogP contribution in [0.5, 0.6) is 0 Å². The number of likely N-dealkylation sites (N-methyl/N-ethyl adjacent to an activating group) is 1. The molecule has 0 aromatic heterocycles. The van der Waals surface area contributed by atoms with E-state index in [2.05, 4.69) is 22.3 Å². The van der Waals surface area contributed by atoms with Crippen LogP contribution < -0.4 is 5.32 Å². The highest BCUT2D eigenvalue weighted by Crippen LogP contribution is 2.12. The fourth-order valence-electron chi connectivity index (χ4n) is 2.50. The highest BCUT2D eigenvalue weighted by Gasteiger charge is 2.12. The maximum Gasteiger partial charge on any atom is 0.338 e. The van der Waals surface area contributed by atoms with Crippen molar-refractivity contribution in [2.45, 2.75) is 33.4 Å². The Bertz CT molecular complexity index is 712. The second kappa shape index (κ2) is 9.73. The van der Waals surface area contributed by atoms with Crippen molar-refractivity contribution in [3.8, 4) is 0 Å². The quantitative estimate of drug-likeness (QED) is 0.734. The van der Waals surface area contributed by atoms with Crippen molar-refractivity contribution in [2.75, 3.05) is 18.4 Å². The van der Waals surface area contributed by atoms with Gasteiger partial charge >= 0.3 is 5.97 Å². The summed E-state index contributed by atoms with van der Waals surface area (Å²) in [5.74, 6) is -0.446. The van der Waals surface area contributed by atoms with E-state index in [0.29, 0.717) is 17.8 Å². The van der Waals surface area contributed by atoms with Gasteiger partial charge in [0.05, 0.1) is 18.2 Å². The first-order chi connectivity index (χ1) is 12.5. The third-order valence-corrected chi connectivity index (χ3v) is 3.81. The molecular weight excluding hydrogens is 328 g/mol. The molecule has 2 rings (SSSR count). The number of carbonyl (C=O) groups is 2. The molecule has 0 radical (unpaired) electrons. The molecule has 5 heteroatoms. The van der Waals surface area contributed by atoms with Crippen LogP contribution in [0.3, 0.4) is 0 Å². The van der Waals surface area contributed by atoms with Crippen LogP contribution in [0.1, 0.15) is 36.7 Å². The minimum atomic E-state index is -0.363. The van der Waals surface area contributed by atoms with E-state index in [1.165, 1.54) is 5.56 Å². The minimum Gasteiger partial charge on any atom is -0.459 e. The Balaban J connectivity index is 1.89. The predicted molar refractivity (Wildman–Crippen MR) is 103 cm³/mol. The number of anilines is 1. The Morgan fingerprint density at radius 3 is 2.27 bits per heavy atom. The zero-order valence-corrected chi connectivity index (χ0v) is 15.6. The van der Waals surface area contributed by atoms with Crippen molar-refractivity contribution in [2.24, 2.45) is 0 Å². The summed E-state index contributed by atoms with van der Waals surface area (Å²) in [6.07, 6.45) is -0.161. The van der Waals surface area contributed by atoms with Gasteiger partial charge in [-0.3, -0.25) is 9.69 Å². The van der Waals surface area contributed by atoms with Crippen molar-refractivity contribution >= 4 is 17.6 Å². The number of benzene rings is 2. The minimum absolute atomic E-state index is 0.0831. The lowest BCUT2D eigenvalue weighted by Gasteiger charge is -2.20. The van der Waals surface area contributed by atoms with Crippen molar-refractivity contribution in [3.63, 3.8) is 0 Å². The summed E-state index contributed by atoms with van der Waals surface area (Å²) in [6.45, 7) is 7.46. The number of ether oxygens (including phenoxy) is 1. The third kappa shape index (κ3) is 6.33. The predicted octanol–water partition coefficient (Wildman–Crippen LogP) is 3.71. The van der Waals surface area contributed by atoms with Crippen molar-refractivity contribution in [1.29, 1.82) is 0 Å². The number of amides is 1. The normalized spacial score (nSPS) is 10.8. The van der Waals surface area contributed by atoms with E-state index in [4.69, 9.17) is 4.74 Å². The molecule has 2 aromatic carbocycles. The number of carbonyl (C=O) groups excluding carboxylic acids is 2. The molecule has 0 spiro atoms. The Morgan fingerprint density at radius 1 is 1.04 bits per heavy atom. The highest BCUT2D eigenvalue weighted by molar-refractivity contribution is 5.94. The van der Waals surface area contributed by atoms with Gasteiger partial charge in [0, 0.05) is 12.2 Å². The standard InChI is InChI=1S/C21H26N2O3/c1-4-23(14-17-8-6-5-7-9-17)15-20(24)22-19-12-10-18(11-13-19)21(25)26-16(2)3/h5-13,16H,4,14-15H2,1-3H3,(H,22,24). The lowest BCUT2D eigenvalue weighted by Crippen LogP contribution is -2.32. The largest absolute Gasteiger partial charge is 0.459 e. The zero-order valence-electron chi connectivity index (χ0n) is 15.6. The summed E-state index contributed by atoms with van der Waals surface area (Å²) in [4.78, 5) is 26.2. The van der Waals surface area contributed by atoms with E-state index in [0.717, 1.165) is 13.1 Å². The van der Waals surface area contributed by atoms with Crippen LogP contribution in [-0.2, 0) is 16.1 Å². The molecule has 0 aliphatic carbocycles. The van der Waals surface area contributed by atoms with Crippen molar-refractivity contribution in [1.82, 2.24) is 4.90 Å². The van der Waals surface area contributed by atoms with Crippen LogP contribution in [0.2, 0.25) is 0 Å². The van der Waals surface area contributed by atoms with Gasteiger partial charge < -0.3 is 10.1 Å². The highest BCUT2D eigenvalue weighted by atomic mass is 16.5. The van der Waals surface area contributed by atoms with Gasteiger partial charge in [-0.2, -0.15) is 0 Å². The van der Waals surface area contributed by atoms with Crippen LogP contribution in [0.25, 0.3) is 0 Å². The number of esters is 1. The molecule has 1 amide bonds. The van der Waals surface area contributed by atoms with Gasteiger partial charge in [-0.1, -0.05) is 37.3 Å². The van der Waals surface area contributed by atoms with Gasteiger partial charge in [-0.05, 0) is 50.2 Å². The summed E-state index contributed by atoms with van der Waals surface area (Å²) in [5.41, 5.74) is 2.30. The fraction of sp³-hybridized carbons (Fsp3) is 0.333. The van der Waals surface area contributed by atoms with E-state index in [9.17, 15) is 9.59 Å². The third-order valence-electron chi connectivity index (χ3n) is 3.81. The van der Waals surface area contributed by atoms with Crippen LogP contribution in [0, 0.1) is 0 Å². The summed E-state index contributed by atoms with van der Waals surface area (Å²) >= 11 is 0. The van der Waals surface area contributed by atoms with Gasteiger partial charge in [0.25, 0.3) is 0 Å². The zero-order chi connectivity index (χ0) is 18.9. The topological polar surface area (TPSA) is 58.6 Å². The molecule has 0 aliphatic heterocycles. The first-order valence-electron chi connectivity index (χ1n) is 8.85. The lowest BCUT2D eigenvalue weighted by molar-refractivity contribution is -0.117. The maximum atomic E-state index is 12.3. The average Bonchev–Trinajstić information content (AvgIpc) is 2.62. The second-order valence-electron chi connectivity index (χ2n) is 6.37. The Labute approximate surface area is 155 Å². The molecule has 0 aliphatic rings. The first-order valence-corrected chi connectivity index (χ1v) is 8.85. The molecule has 0 unspecified atom stereocenters. The van der Waals surface area contributed by atoms with E-state index < -0.39 is 0 Å². The van der Waals surface area contributed by atoms with E-state index in [1.807, 2.05) is 25.1 Å². The molecule has 5 nitrogen and oxygen atoms in total. The molecule has 0 heterocycles. The van der Waals surface area contributed by atoms with Gasteiger partial charge in [0.2, 0.25) is 5.91 Å². The molecule has 0 bridgehead atoms. The van der Waals surface area contributed by atoms with Crippen LogP contribution in [0.4, 0.5) is 5.69 Å². The van der Waals surface area contributed by atoms with E-state index in [1.54, 1.807) is 38.1 Å². The number of hydrogen-bond acceptors (Lipinski definition) is 4. The second-order valence-corrected chi connectivity index (χ2v) is 6.37. The first kappa shape index (κ1) is 19.7. The smallest absolute Gasteiger partial charge is 0.338 e. The molecule has 0 saturated heterocycles. The summed E-state index contributed by atoms with van der Waals surface area (Å²) in [6, 6.07) is 16.8. The van der Waals surface area contributed by atoms with Crippen LogP contribution >= 0.6 is 0 Å². The summed E-state index contributed by atoms with van der Waals surface area (Å²) < 4.78 is 5.15. The number of hydrogen-bond donors (Lipinski definition) is 1. The molecule has 0 saturated carbocycles. The molecule has 26 heavy (non-hydrogen) atoms. The Morgan fingerprint density at radius 2 is 1.69 bits per heavy atom. The average molecular weight is 354 g/mol.